The fourth-order valence-corrected chi connectivity index (χ4v) is 1.47. The van der Waals surface area contributed by atoms with Gasteiger partial charge in [0, 0.05) is 6.54 Å². The minimum atomic E-state index is -1.19. The lowest BCUT2D eigenvalue weighted by Gasteiger charge is -2.24. The molecule has 1 unspecified atom stereocenters. The summed E-state index contributed by atoms with van der Waals surface area (Å²) in [4.78, 5) is 20.6. The first-order valence-electron chi connectivity index (χ1n) is 5.82. The van der Waals surface area contributed by atoms with Crippen molar-refractivity contribution in [2.45, 2.75) is 20.3 Å². The molecule has 1 rings (SSSR count). The SMILES string of the molecule is CCC(C)(CNc1c(F)cc([N+](=O)[O-])cc1F)C(=O)O. The zero-order valence-corrected chi connectivity index (χ0v) is 10.9. The van der Waals surface area contributed by atoms with E-state index in [-0.39, 0.29) is 13.0 Å². The summed E-state index contributed by atoms with van der Waals surface area (Å²) >= 11 is 0. The van der Waals surface area contributed by atoms with Crippen LogP contribution in [0.2, 0.25) is 0 Å². The van der Waals surface area contributed by atoms with Crippen molar-refractivity contribution in [2.24, 2.45) is 5.41 Å². The molecule has 0 bridgehead atoms. The van der Waals surface area contributed by atoms with Gasteiger partial charge in [-0.05, 0) is 13.3 Å². The van der Waals surface area contributed by atoms with E-state index in [1.807, 2.05) is 0 Å². The standard InChI is InChI=1S/C12H14F2N2O4/c1-3-12(2,11(17)18)6-15-10-8(13)4-7(16(19)20)5-9(10)14/h4-5,15H,3,6H2,1-2H3,(H,17,18). The van der Waals surface area contributed by atoms with Crippen molar-refractivity contribution in [3.63, 3.8) is 0 Å². The molecule has 6 nitrogen and oxygen atoms in total. The van der Waals surface area contributed by atoms with Gasteiger partial charge in [0.25, 0.3) is 5.69 Å². The smallest absolute Gasteiger partial charge is 0.311 e. The van der Waals surface area contributed by atoms with Crippen molar-refractivity contribution < 1.29 is 23.6 Å². The van der Waals surface area contributed by atoms with Crippen LogP contribution in [-0.4, -0.2) is 22.5 Å². The zero-order chi connectivity index (χ0) is 15.5. The quantitative estimate of drug-likeness (QED) is 0.620. The van der Waals surface area contributed by atoms with Gasteiger partial charge in [0.1, 0.15) is 5.69 Å². The number of anilines is 1. The van der Waals surface area contributed by atoms with Crippen LogP contribution in [0, 0.1) is 27.2 Å². The molecule has 2 N–H and O–H groups in total. The van der Waals surface area contributed by atoms with Crippen molar-refractivity contribution in [1.82, 2.24) is 0 Å². The molecule has 1 aromatic rings. The molecule has 0 spiro atoms. The molecule has 0 aliphatic rings. The third kappa shape index (κ3) is 3.19. The number of nitrogens with zero attached hydrogens (tertiary/aromatic N) is 1. The van der Waals surface area contributed by atoms with E-state index in [4.69, 9.17) is 5.11 Å². The van der Waals surface area contributed by atoms with E-state index in [0.717, 1.165) is 0 Å². The molecule has 0 amide bonds. The molecule has 0 radical (unpaired) electrons. The topological polar surface area (TPSA) is 92.5 Å². The van der Waals surface area contributed by atoms with Gasteiger partial charge in [0.05, 0.1) is 22.5 Å². The number of nitro benzene ring substituents is 1. The molecule has 0 saturated carbocycles. The second kappa shape index (κ2) is 5.81. The van der Waals surface area contributed by atoms with E-state index in [0.29, 0.717) is 12.1 Å². The minimum absolute atomic E-state index is 0.204. The molecule has 110 valence electrons. The Morgan fingerprint density at radius 1 is 1.45 bits per heavy atom. The second-order valence-corrected chi connectivity index (χ2v) is 4.61. The fourth-order valence-electron chi connectivity index (χ4n) is 1.47. The fraction of sp³-hybridized carbons (Fsp3) is 0.417. The number of hydrogen-bond donors (Lipinski definition) is 2. The summed E-state index contributed by atoms with van der Waals surface area (Å²) < 4.78 is 27.2. The van der Waals surface area contributed by atoms with Gasteiger partial charge in [-0.25, -0.2) is 8.78 Å². The molecule has 0 aliphatic heterocycles. The van der Waals surface area contributed by atoms with Crippen molar-refractivity contribution >= 4 is 17.3 Å². The highest BCUT2D eigenvalue weighted by Crippen LogP contribution is 2.27. The summed E-state index contributed by atoms with van der Waals surface area (Å²) in [6.45, 7) is 2.87. The lowest BCUT2D eigenvalue weighted by Crippen LogP contribution is -2.34. The number of carbonyl (C=O) groups is 1. The second-order valence-electron chi connectivity index (χ2n) is 4.61. The molecular formula is C12H14F2N2O4. The van der Waals surface area contributed by atoms with Crippen molar-refractivity contribution in [2.75, 3.05) is 11.9 Å². The number of carboxylic acids is 1. The van der Waals surface area contributed by atoms with Crippen LogP contribution in [0.3, 0.4) is 0 Å². The number of benzene rings is 1. The number of nitro groups is 1. The van der Waals surface area contributed by atoms with Crippen LogP contribution in [0.4, 0.5) is 20.2 Å². The Balaban J connectivity index is 3.00. The van der Waals surface area contributed by atoms with Crippen LogP contribution in [0.1, 0.15) is 20.3 Å². The first-order chi connectivity index (χ1) is 9.21. The van der Waals surface area contributed by atoms with Crippen molar-refractivity contribution in [1.29, 1.82) is 0 Å². The van der Waals surface area contributed by atoms with E-state index >= 15 is 0 Å². The summed E-state index contributed by atoms with van der Waals surface area (Å²) in [6.07, 6.45) is 0.256. The van der Waals surface area contributed by atoms with Crippen LogP contribution < -0.4 is 5.32 Å². The van der Waals surface area contributed by atoms with E-state index in [1.54, 1.807) is 6.92 Å². The molecule has 0 heterocycles. The van der Waals surface area contributed by atoms with Gasteiger partial charge >= 0.3 is 5.97 Å². The summed E-state index contributed by atoms with van der Waals surface area (Å²) in [5.74, 6) is -3.38. The van der Waals surface area contributed by atoms with Gasteiger partial charge in [-0.2, -0.15) is 0 Å². The minimum Gasteiger partial charge on any atom is -0.481 e. The third-order valence-corrected chi connectivity index (χ3v) is 3.19. The number of hydrogen-bond acceptors (Lipinski definition) is 4. The molecule has 0 aliphatic carbocycles. The van der Waals surface area contributed by atoms with Gasteiger partial charge in [-0.3, -0.25) is 14.9 Å². The summed E-state index contributed by atoms with van der Waals surface area (Å²) in [6, 6.07) is 1.16. The maximum atomic E-state index is 13.6. The molecular weight excluding hydrogens is 274 g/mol. The molecule has 20 heavy (non-hydrogen) atoms. The molecule has 0 saturated heterocycles. The van der Waals surface area contributed by atoms with Crippen LogP contribution >= 0.6 is 0 Å². The first kappa shape index (κ1) is 15.8. The average molecular weight is 288 g/mol. The maximum Gasteiger partial charge on any atom is 0.311 e. The van der Waals surface area contributed by atoms with Gasteiger partial charge in [0.2, 0.25) is 0 Å². The lowest BCUT2D eigenvalue weighted by atomic mass is 9.87. The number of nitrogens with one attached hydrogen (secondary N) is 1. The van der Waals surface area contributed by atoms with E-state index in [2.05, 4.69) is 5.32 Å². The Labute approximate surface area is 113 Å². The van der Waals surface area contributed by atoms with Crippen LogP contribution in [0.5, 0.6) is 0 Å². The van der Waals surface area contributed by atoms with Gasteiger partial charge in [-0.1, -0.05) is 6.92 Å². The molecule has 1 atom stereocenters. The van der Waals surface area contributed by atoms with Gasteiger partial charge < -0.3 is 10.4 Å². The van der Waals surface area contributed by atoms with Crippen molar-refractivity contribution in [3.05, 3.63) is 33.9 Å². The zero-order valence-electron chi connectivity index (χ0n) is 10.9. The number of non-ortho nitro benzene ring substituents is 1. The molecule has 1 aromatic carbocycles. The molecule has 8 heteroatoms. The lowest BCUT2D eigenvalue weighted by molar-refractivity contribution is -0.385. The Hall–Kier alpha value is -2.25. The number of rotatable bonds is 6. The number of carboxylic acid groups (broad SMARTS) is 1. The summed E-state index contributed by atoms with van der Waals surface area (Å²) in [5, 5.41) is 21.9. The average Bonchev–Trinajstić information content (AvgIpc) is 2.36. The Kier molecular flexibility index (Phi) is 4.59. The Morgan fingerprint density at radius 3 is 2.30 bits per heavy atom. The highest BCUT2D eigenvalue weighted by molar-refractivity contribution is 5.75. The van der Waals surface area contributed by atoms with Crippen molar-refractivity contribution in [3.8, 4) is 0 Å². The number of halogens is 2. The van der Waals surface area contributed by atoms with E-state index in [1.165, 1.54) is 6.92 Å². The predicted octanol–water partition coefficient (Wildman–Crippen LogP) is 2.79. The Bertz CT molecular complexity index is 527. The van der Waals surface area contributed by atoms with Crippen LogP contribution in [0.15, 0.2) is 12.1 Å². The highest BCUT2D eigenvalue weighted by atomic mass is 19.1. The molecule has 0 fully saturated rings. The largest absolute Gasteiger partial charge is 0.481 e. The highest BCUT2D eigenvalue weighted by Gasteiger charge is 2.31. The van der Waals surface area contributed by atoms with Gasteiger partial charge in [0.15, 0.2) is 11.6 Å². The molecule has 0 aromatic heterocycles. The number of aliphatic carboxylic acids is 1. The Morgan fingerprint density at radius 2 is 1.95 bits per heavy atom. The van der Waals surface area contributed by atoms with E-state index in [9.17, 15) is 23.7 Å². The third-order valence-electron chi connectivity index (χ3n) is 3.19. The monoisotopic (exact) mass is 288 g/mol. The van der Waals surface area contributed by atoms with Crippen LogP contribution in [-0.2, 0) is 4.79 Å². The normalized spacial score (nSPS) is 13.6. The summed E-state index contributed by atoms with van der Waals surface area (Å²) in [7, 11) is 0. The van der Waals surface area contributed by atoms with E-state index < -0.39 is 39.3 Å². The maximum absolute atomic E-state index is 13.6. The predicted molar refractivity (Wildman–Crippen MR) is 67.5 cm³/mol. The first-order valence-corrected chi connectivity index (χ1v) is 5.82. The van der Waals surface area contributed by atoms with Gasteiger partial charge in [-0.15, -0.1) is 0 Å². The van der Waals surface area contributed by atoms with Crippen LogP contribution in [0.25, 0.3) is 0 Å². The summed E-state index contributed by atoms with van der Waals surface area (Å²) in [5.41, 5.74) is -2.47.